The summed E-state index contributed by atoms with van der Waals surface area (Å²) in [6.07, 6.45) is 1.48. The van der Waals surface area contributed by atoms with Crippen LogP contribution in [0.2, 0.25) is 0 Å². The van der Waals surface area contributed by atoms with Gasteiger partial charge in [0.1, 0.15) is 4.90 Å². The van der Waals surface area contributed by atoms with Crippen molar-refractivity contribution in [3.05, 3.63) is 47.3 Å². The molecule has 8 heteroatoms. The fourth-order valence-corrected chi connectivity index (χ4v) is 6.19. The van der Waals surface area contributed by atoms with Crippen LogP contribution >= 0.6 is 12.4 Å². The van der Waals surface area contributed by atoms with Crippen LogP contribution < -0.4 is 5.32 Å². The molecule has 1 N–H and O–H groups in total. The summed E-state index contributed by atoms with van der Waals surface area (Å²) in [5.41, 5.74) is 2.94. The van der Waals surface area contributed by atoms with Gasteiger partial charge in [0.15, 0.2) is 0 Å². The molecule has 0 aliphatic carbocycles. The number of aromatic nitrogens is 2. The number of benzene rings is 1. The molecule has 0 unspecified atom stereocenters. The predicted octanol–water partition coefficient (Wildman–Crippen LogP) is 2.04. The Morgan fingerprint density at radius 1 is 1.19 bits per heavy atom. The van der Waals surface area contributed by atoms with Gasteiger partial charge in [-0.25, -0.2) is 8.42 Å². The summed E-state index contributed by atoms with van der Waals surface area (Å²) in [6, 6.07) is 8.01. The number of rotatable bonds is 3. The number of nitrogens with zero attached hydrogens (tertiary/aromatic N) is 3. The Hall–Kier alpha value is -1.41. The third-order valence-electron chi connectivity index (χ3n) is 5.81. The van der Waals surface area contributed by atoms with Gasteiger partial charge in [-0.2, -0.15) is 9.40 Å². The van der Waals surface area contributed by atoms with E-state index in [4.69, 9.17) is 0 Å². The minimum atomic E-state index is -3.58. The van der Waals surface area contributed by atoms with E-state index in [2.05, 4.69) is 29.5 Å². The van der Waals surface area contributed by atoms with Crippen LogP contribution in [0.4, 0.5) is 0 Å². The van der Waals surface area contributed by atoms with Crippen molar-refractivity contribution in [2.24, 2.45) is 18.9 Å². The minimum absolute atomic E-state index is 0. The van der Waals surface area contributed by atoms with Gasteiger partial charge in [-0.1, -0.05) is 24.3 Å². The third-order valence-corrected chi connectivity index (χ3v) is 7.76. The van der Waals surface area contributed by atoms with E-state index >= 15 is 0 Å². The minimum Gasteiger partial charge on any atom is -0.316 e. The molecule has 0 bridgehead atoms. The maximum absolute atomic E-state index is 13.4. The average molecular weight is 397 g/mol. The molecular weight excluding hydrogens is 372 g/mol. The van der Waals surface area contributed by atoms with Crippen LogP contribution in [0.25, 0.3) is 0 Å². The van der Waals surface area contributed by atoms with Gasteiger partial charge >= 0.3 is 0 Å². The highest BCUT2D eigenvalue weighted by atomic mass is 35.5. The zero-order valence-corrected chi connectivity index (χ0v) is 16.8. The molecule has 2 aromatic rings. The van der Waals surface area contributed by atoms with Crippen LogP contribution in [0, 0.1) is 25.7 Å². The van der Waals surface area contributed by atoms with Crippen molar-refractivity contribution in [1.29, 1.82) is 0 Å². The lowest BCUT2D eigenvalue weighted by molar-refractivity contribution is 0.344. The lowest BCUT2D eigenvalue weighted by Gasteiger charge is -2.28. The highest BCUT2D eigenvalue weighted by Crippen LogP contribution is 2.46. The molecule has 142 valence electrons. The van der Waals surface area contributed by atoms with E-state index in [1.807, 2.05) is 12.1 Å². The molecule has 2 aliphatic rings. The van der Waals surface area contributed by atoms with E-state index in [0.717, 1.165) is 24.2 Å². The van der Waals surface area contributed by atoms with Gasteiger partial charge in [0.25, 0.3) is 0 Å². The summed E-state index contributed by atoms with van der Waals surface area (Å²) in [6.45, 7) is 6.17. The normalized spacial score (nSPS) is 25.9. The average Bonchev–Trinajstić information content (AvgIpc) is 3.24. The highest BCUT2D eigenvalue weighted by Gasteiger charge is 2.50. The van der Waals surface area contributed by atoms with Gasteiger partial charge in [-0.15, -0.1) is 12.4 Å². The lowest BCUT2D eigenvalue weighted by atomic mass is 9.88. The first-order valence-electron chi connectivity index (χ1n) is 8.68. The molecule has 2 saturated heterocycles. The molecule has 2 aliphatic heterocycles. The van der Waals surface area contributed by atoms with E-state index < -0.39 is 10.0 Å². The highest BCUT2D eigenvalue weighted by molar-refractivity contribution is 7.89. The number of nitrogens with one attached hydrogen (secondary N) is 1. The topological polar surface area (TPSA) is 67.2 Å². The standard InChI is InChI=1S/C18H24N4O2S.ClH/c1-12-6-4-5-7-15(12)18-16-9-19-8-14(16)11-22(18)25(23,24)17-10-20-21(3)13(17)2;/h4-7,10,14,16,18-19H,8-9,11H2,1-3H3;1H/t14-,16-,18+;/m0./s1. The Balaban J connectivity index is 0.00000196. The fourth-order valence-electron chi connectivity index (χ4n) is 4.29. The molecule has 1 aromatic heterocycles. The van der Waals surface area contributed by atoms with Crippen LogP contribution in [-0.4, -0.2) is 42.1 Å². The monoisotopic (exact) mass is 396 g/mol. The van der Waals surface area contributed by atoms with E-state index in [1.165, 1.54) is 6.20 Å². The van der Waals surface area contributed by atoms with Crippen LogP contribution in [0.15, 0.2) is 35.4 Å². The summed E-state index contributed by atoms with van der Waals surface area (Å²) in [5, 5.41) is 7.57. The summed E-state index contributed by atoms with van der Waals surface area (Å²) < 4.78 is 30.2. The zero-order chi connectivity index (χ0) is 17.8. The second-order valence-corrected chi connectivity index (χ2v) is 9.04. The van der Waals surface area contributed by atoms with Gasteiger partial charge in [0.2, 0.25) is 10.0 Å². The summed E-state index contributed by atoms with van der Waals surface area (Å²) in [4.78, 5) is 0.321. The van der Waals surface area contributed by atoms with E-state index in [0.29, 0.717) is 29.0 Å². The van der Waals surface area contributed by atoms with Gasteiger partial charge in [0.05, 0.1) is 17.9 Å². The smallest absolute Gasteiger partial charge is 0.247 e. The zero-order valence-electron chi connectivity index (χ0n) is 15.2. The molecule has 1 aromatic carbocycles. The first kappa shape index (κ1) is 19.4. The third kappa shape index (κ3) is 2.87. The Morgan fingerprint density at radius 3 is 2.58 bits per heavy atom. The number of hydrogen-bond donors (Lipinski definition) is 1. The SMILES string of the molecule is Cc1ccccc1[C@@H]1[C@H]2CNC[C@H]2CN1S(=O)(=O)c1cnn(C)c1C.Cl. The fraction of sp³-hybridized carbons (Fsp3) is 0.500. The number of sulfonamides is 1. The summed E-state index contributed by atoms with van der Waals surface area (Å²) >= 11 is 0. The number of fused-ring (bicyclic) bond motifs is 1. The van der Waals surface area contributed by atoms with Crippen LogP contribution in [0.1, 0.15) is 22.9 Å². The van der Waals surface area contributed by atoms with Gasteiger partial charge in [0, 0.05) is 20.1 Å². The van der Waals surface area contributed by atoms with Gasteiger partial charge in [-0.05, 0) is 43.4 Å². The van der Waals surface area contributed by atoms with Crippen molar-refractivity contribution in [2.45, 2.75) is 24.8 Å². The van der Waals surface area contributed by atoms with Crippen LogP contribution in [-0.2, 0) is 17.1 Å². The van der Waals surface area contributed by atoms with Crippen molar-refractivity contribution in [3.8, 4) is 0 Å². The quantitative estimate of drug-likeness (QED) is 0.862. The van der Waals surface area contributed by atoms with E-state index in [-0.39, 0.29) is 18.4 Å². The van der Waals surface area contributed by atoms with Crippen molar-refractivity contribution >= 4 is 22.4 Å². The van der Waals surface area contributed by atoms with Gasteiger partial charge in [-0.3, -0.25) is 4.68 Å². The Bertz CT molecular complexity index is 912. The molecular formula is C18H25ClN4O2S. The first-order chi connectivity index (χ1) is 11.9. The maximum Gasteiger partial charge on any atom is 0.247 e. The van der Waals surface area contributed by atoms with Crippen molar-refractivity contribution in [2.75, 3.05) is 19.6 Å². The van der Waals surface area contributed by atoms with E-state index in [9.17, 15) is 8.42 Å². The molecule has 26 heavy (non-hydrogen) atoms. The molecule has 0 spiro atoms. The molecule has 2 fully saturated rings. The number of hydrogen-bond acceptors (Lipinski definition) is 4. The molecule has 0 saturated carbocycles. The van der Waals surface area contributed by atoms with Gasteiger partial charge < -0.3 is 5.32 Å². The molecule has 0 amide bonds. The van der Waals surface area contributed by atoms with Crippen molar-refractivity contribution in [1.82, 2.24) is 19.4 Å². The Morgan fingerprint density at radius 2 is 1.92 bits per heavy atom. The second kappa shape index (κ2) is 6.96. The Labute approximate surface area is 161 Å². The molecule has 3 atom stereocenters. The molecule has 6 nitrogen and oxygen atoms in total. The predicted molar refractivity (Wildman–Crippen MR) is 103 cm³/mol. The van der Waals surface area contributed by atoms with Crippen LogP contribution in [0.5, 0.6) is 0 Å². The number of aryl methyl sites for hydroxylation is 2. The Kier molecular flexibility index (Phi) is 5.18. The maximum atomic E-state index is 13.4. The first-order valence-corrected chi connectivity index (χ1v) is 10.1. The van der Waals surface area contributed by atoms with E-state index in [1.54, 1.807) is 23.0 Å². The summed E-state index contributed by atoms with van der Waals surface area (Å²) in [7, 11) is -1.81. The van der Waals surface area contributed by atoms with Crippen LogP contribution in [0.3, 0.4) is 0 Å². The largest absolute Gasteiger partial charge is 0.316 e. The molecule has 0 radical (unpaired) electrons. The second-order valence-electron chi connectivity index (χ2n) is 7.18. The summed E-state index contributed by atoms with van der Waals surface area (Å²) in [5.74, 6) is 0.671. The molecule has 4 rings (SSSR count). The van der Waals surface area contributed by atoms with Crippen molar-refractivity contribution in [3.63, 3.8) is 0 Å². The molecule has 3 heterocycles. The lowest BCUT2D eigenvalue weighted by Crippen LogP contribution is -2.35. The van der Waals surface area contributed by atoms with Crippen molar-refractivity contribution < 1.29 is 8.42 Å². The number of halogens is 1.